The molecule has 0 N–H and O–H groups in total. The first-order valence-electron chi connectivity index (χ1n) is 10.3. The monoisotopic (exact) mass is 417 g/mol. The lowest BCUT2D eigenvalue weighted by Crippen LogP contribution is -2.47. The molecule has 0 bridgehead atoms. The smallest absolute Gasteiger partial charge is 0.154 e. The molecule has 2 aromatic heterocycles. The predicted octanol–water partition coefficient (Wildman–Crippen LogP) is 4.99. The van der Waals surface area contributed by atoms with Crippen molar-refractivity contribution >= 4 is 28.6 Å². The number of hydrogen-bond donors (Lipinski definition) is 0. The van der Waals surface area contributed by atoms with Gasteiger partial charge >= 0.3 is 0 Å². The Morgan fingerprint density at radius 3 is 2.43 bits per heavy atom. The quantitative estimate of drug-likeness (QED) is 0.470. The van der Waals surface area contributed by atoms with E-state index >= 15 is 0 Å². The van der Waals surface area contributed by atoms with Crippen molar-refractivity contribution in [2.45, 2.75) is 13.8 Å². The topological polar surface area (TPSA) is 36.7 Å². The zero-order chi connectivity index (χ0) is 20.7. The first-order chi connectivity index (χ1) is 14.6. The highest BCUT2D eigenvalue weighted by Gasteiger charge is 2.22. The summed E-state index contributed by atoms with van der Waals surface area (Å²) in [6, 6.07) is 16.7. The Morgan fingerprint density at radius 2 is 1.67 bits per heavy atom. The van der Waals surface area contributed by atoms with Crippen molar-refractivity contribution in [2.75, 3.05) is 36.0 Å². The van der Waals surface area contributed by atoms with Crippen molar-refractivity contribution in [3.05, 3.63) is 77.1 Å². The van der Waals surface area contributed by atoms with Gasteiger partial charge in [0.1, 0.15) is 5.52 Å². The summed E-state index contributed by atoms with van der Waals surface area (Å²) in [6.07, 6.45) is 3.76. The minimum absolute atomic E-state index is 0.806. The van der Waals surface area contributed by atoms with Crippen molar-refractivity contribution in [3.63, 3.8) is 0 Å². The van der Waals surface area contributed by atoms with E-state index in [-0.39, 0.29) is 0 Å². The van der Waals surface area contributed by atoms with Gasteiger partial charge in [0.25, 0.3) is 0 Å². The first kappa shape index (κ1) is 18.9. The molecule has 1 aliphatic rings. The Hall–Kier alpha value is -3.05. The van der Waals surface area contributed by atoms with Crippen LogP contribution in [0.25, 0.3) is 16.8 Å². The lowest BCUT2D eigenvalue weighted by molar-refractivity contribution is 0.647. The molecule has 0 aliphatic carbocycles. The number of fused-ring (bicyclic) bond motifs is 1. The Bertz CT molecular complexity index is 1210. The molecule has 152 valence electrons. The van der Waals surface area contributed by atoms with Gasteiger partial charge in [-0.15, -0.1) is 0 Å². The zero-order valence-electron chi connectivity index (χ0n) is 17.2. The number of benzene rings is 2. The van der Waals surface area contributed by atoms with Crippen LogP contribution in [0.2, 0.25) is 5.02 Å². The van der Waals surface area contributed by atoms with E-state index in [0.29, 0.717) is 0 Å². The van der Waals surface area contributed by atoms with Crippen molar-refractivity contribution in [3.8, 4) is 11.3 Å². The fraction of sp³-hybridized carbons (Fsp3) is 0.250. The molecule has 30 heavy (non-hydrogen) atoms. The van der Waals surface area contributed by atoms with Crippen LogP contribution in [0, 0.1) is 13.8 Å². The molecule has 4 aromatic rings. The number of anilines is 2. The van der Waals surface area contributed by atoms with Gasteiger partial charge in [0.15, 0.2) is 5.82 Å². The Morgan fingerprint density at radius 1 is 0.900 bits per heavy atom. The number of aromatic nitrogens is 3. The number of aryl methyl sites for hydroxylation is 2. The molecule has 0 amide bonds. The Kier molecular flexibility index (Phi) is 4.83. The number of para-hydroxylation sites is 1. The molecule has 0 spiro atoms. The van der Waals surface area contributed by atoms with Crippen LogP contribution in [0.15, 0.2) is 60.9 Å². The fourth-order valence-corrected chi connectivity index (χ4v) is 4.51. The number of hydrogen-bond acceptors (Lipinski definition) is 4. The Balaban J connectivity index is 1.43. The van der Waals surface area contributed by atoms with Gasteiger partial charge in [0.2, 0.25) is 0 Å². The Labute approximate surface area is 181 Å². The largest absolute Gasteiger partial charge is 0.367 e. The lowest BCUT2D eigenvalue weighted by Gasteiger charge is -2.37. The van der Waals surface area contributed by atoms with E-state index in [9.17, 15) is 0 Å². The highest BCUT2D eigenvalue weighted by atomic mass is 35.5. The molecule has 2 aromatic carbocycles. The number of piperazine rings is 1. The average molecular weight is 418 g/mol. The van der Waals surface area contributed by atoms with Crippen LogP contribution < -0.4 is 9.80 Å². The van der Waals surface area contributed by atoms with Crippen LogP contribution in [-0.2, 0) is 0 Å². The summed E-state index contributed by atoms with van der Waals surface area (Å²) in [6.45, 7) is 7.85. The van der Waals surface area contributed by atoms with Crippen LogP contribution in [-0.4, -0.2) is 40.8 Å². The second-order valence-corrected chi connectivity index (χ2v) is 8.26. The van der Waals surface area contributed by atoms with Crippen molar-refractivity contribution in [1.29, 1.82) is 0 Å². The molecule has 0 saturated carbocycles. The number of halogens is 1. The third-order valence-electron chi connectivity index (χ3n) is 5.80. The van der Waals surface area contributed by atoms with Crippen molar-refractivity contribution < 1.29 is 0 Å². The van der Waals surface area contributed by atoms with Gasteiger partial charge in [0, 0.05) is 44.1 Å². The normalized spacial score (nSPS) is 14.5. The van der Waals surface area contributed by atoms with Gasteiger partial charge in [-0.1, -0.05) is 47.5 Å². The molecule has 3 heterocycles. The summed E-state index contributed by atoms with van der Waals surface area (Å²) in [7, 11) is 0. The molecular formula is C24H24ClN5. The van der Waals surface area contributed by atoms with E-state index in [1.54, 1.807) is 0 Å². The molecule has 1 fully saturated rings. The van der Waals surface area contributed by atoms with Crippen molar-refractivity contribution in [1.82, 2.24) is 14.6 Å². The molecule has 1 saturated heterocycles. The van der Waals surface area contributed by atoms with Gasteiger partial charge in [-0.3, -0.25) is 0 Å². The minimum Gasteiger partial charge on any atom is -0.367 e. The van der Waals surface area contributed by atoms with Crippen LogP contribution in [0.1, 0.15) is 11.1 Å². The van der Waals surface area contributed by atoms with E-state index in [2.05, 4.69) is 54.0 Å². The minimum atomic E-state index is 0.806. The third-order valence-corrected chi connectivity index (χ3v) is 6.12. The standard InChI is InChI=1S/C24H24ClN5/c1-17-7-8-19(18(2)15-17)21-16-23-24(26-9-10-30(23)27-21)29-13-11-28(12-14-29)22-6-4-3-5-20(22)25/h3-10,15-16H,11-14H2,1-2H3. The summed E-state index contributed by atoms with van der Waals surface area (Å²) in [5.41, 5.74) is 6.79. The molecule has 6 heteroatoms. The summed E-state index contributed by atoms with van der Waals surface area (Å²) in [4.78, 5) is 9.40. The maximum atomic E-state index is 6.39. The first-order valence-corrected chi connectivity index (χ1v) is 10.6. The highest BCUT2D eigenvalue weighted by Crippen LogP contribution is 2.30. The fourth-order valence-electron chi connectivity index (χ4n) is 4.25. The second kappa shape index (κ2) is 7.65. The molecule has 5 nitrogen and oxygen atoms in total. The zero-order valence-corrected chi connectivity index (χ0v) is 18.0. The molecular weight excluding hydrogens is 394 g/mol. The molecule has 0 unspecified atom stereocenters. The van der Waals surface area contributed by atoms with Crippen LogP contribution >= 0.6 is 11.6 Å². The van der Waals surface area contributed by atoms with Crippen molar-refractivity contribution in [2.24, 2.45) is 0 Å². The van der Waals surface area contributed by atoms with Gasteiger partial charge < -0.3 is 9.80 Å². The summed E-state index contributed by atoms with van der Waals surface area (Å²) in [5.74, 6) is 0.986. The van der Waals surface area contributed by atoms with Gasteiger partial charge in [-0.25, -0.2) is 9.50 Å². The molecule has 1 aliphatic heterocycles. The van der Waals surface area contributed by atoms with E-state index in [1.807, 2.05) is 35.1 Å². The second-order valence-electron chi connectivity index (χ2n) is 7.85. The summed E-state index contributed by atoms with van der Waals surface area (Å²) in [5, 5.41) is 5.63. The molecule has 0 atom stereocenters. The van der Waals surface area contributed by atoms with Crippen LogP contribution in [0.4, 0.5) is 11.5 Å². The van der Waals surface area contributed by atoms with E-state index in [0.717, 1.165) is 53.9 Å². The predicted molar refractivity (Wildman–Crippen MR) is 124 cm³/mol. The highest BCUT2D eigenvalue weighted by molar-refractivity contribution is 6.33. The van der Waals surface area contributed by atoms with Gasteiger partial charge in [-0.05, 0) is 37.6 Å². The number of rotatable bonds is 3. The lowest BCUT2D eigenvalue weighted by atomic mass is 10.0. The van der Waals surface area contributed by atoms with Crippen LogP contribution in [0.5, 0.6) is 0 Å². The maximum Gasteiger partial charge on any atom is 0.154 e. The van der Waals surface area contributed by atoms with E-state index in [4.69, 9.17) is 21.7 Å². The van der Waals surface area contributed by atoms with E-state index in [1.165, 1.54) is 16.7 Å². The third kappa shape index (κ3) is 3.39. The average Bonchev–Trinajstić information content (AvgIpc) is 3.18. The van der Waals surface area contributed by atoms with Crippen LogP contribution in [0.3, 0.4) is 0 Å². The SMILES string of the molecule is Cc1ccc(-c2cc3c(N4CCN(c5ccccc5Cl)CC4)nccn3n2)c(C)c1. The molecule has 0 radical (unpaired) electrons. The molecule has 5 rings (SSSR count). The van der Waals surface area contributed by atoms with Gasteiger partial charge in [0.05, 0.1) is 16.4 Å². The van der Waals surface area contributed by atoms with E-state index < -0.39 is 0 Å². The number of nitrogens with zero attached hydrogens (tertiary/aromatic N) is 5. The summed E-state index contributed by atoms with van der Waals surface area (Å²) >= 11 is 6.39. The maximum absolute atomic E-state index is 6.39. The van der Waals surface area contributed by atoms with Gasteiger partial charge in [-0.2, -0.15) is 5.10 Å². The summed E-state index contributed by atoms with van der Waals surface area (Å²) < 4.78 is 1.94.